The molecule has 2 unspecified atom stereocenters. The quantitative estimate of drug-likeness (QED) is 0.611. The molecule has 1 aromatic heterocycles. The van der Waals surface area contributed by atoms with Gasteiger partial charge in [0, 0.05) is 30.3 Å². The first-order valence-electron chi connectivity index (χ1n) is 6.90. The normalized spacial score (nSPS) is 23.4. The third-order valence-electron chi connectivity index (χ3n) is 4.04. The summed E-state index contributed by atoms with van der Waals surface area (Å²) in [6.07, 6.45) is 4.86. The van der Waals surface area contributed by atoms with Crippen molar-refractivity contribution in [3.05, 3.63) is 27.1 Å². The SMILES string of the molecule is CN(Cc1csc([N+](=O)[O-])c1)C1CCCCC1S(C)(=O)=O. The standard InChI is InChI=1S/C13H20N2O4S2/c1-14(8-10-7-13(15(16)17)20-9-10)11-5-3-4-6-12(11)21(2,18)19/h7,9,11-12H,3-6,8H2,1-2H3. The molecule has 0 spiro atoms. The van der Waals surface area contributed by atoms with Crippen LogP contribution in [0.15, 0.2) is 11.4 Å². The molecule has 8 heteroatoms. The zero-order valence-corrected chi connectivity index (χ0v) is 13.8. The van der Waals surface area contributed by atoms with Crippen LogP contribution in [0.2, 0.25) is 0 Å². The summed E-state index contributed by atoms with van der Waals surface area (Å²) in [5, 5.41) is 12.3. The molecule has 1 aromatic rings. The van der Waals surface area contributed by atoms with E-state index in [1.165, 1.54) is 6.26 Å². The van der Waals surface area contributed by atoms with Crippen molar-refractivity contribution in [2.45, 2.75) is 43.5 Å². The van der Waals surface area contributed by atoms with E-state index in [0.717, 1.165) is 36.2 Å². The summed E-state index contributed by atoms with van der Waals surface area (Å²) >= 11 is 1.11. The van der Waals surface area contributed by atoms with Gasteiger partial charge in [-0.1, -0.05) is 24.2 Å². The summed E-state index contributed by atoms with van der Waals surface area (Å²) in [6, 6.07) is 1.56. The van der Waals surface area contributed by atoms with Crippen LogP contribution in [0.4, 0.5) is 5.00 Å². The van der Waals surface area contributed by atoms with Gasteiger partial charge >= 0.3 is 5.00 Å². The minimum Gasteiger partial charge on any atom is -0.298 e. The van der Waals surface area contributed by atoms with Gasteiger partial charge in [-0.3, -0.25) is 15.0 Å². The Morgan fingerprint density at radius 2 is 2.10 bits per heavy atom. The van der Waals surface area contributed by atoms with E-state index in [1.807, 2.05) is 11.9 Å². The first-order valence-corrected chi connectivity index (χ1v) is 9.73. The highest BCUT2D eigenvalue weighted by Crippen LogP contribution is 2.29. The summed E-state index contributed by atoms with van der Waals surface area (Å²) in [5.41, 5.74) is 0.868. The van der Waals surface area contributed by atoms with Crippen LogP contribution in [-0.2, 0) is 16.4 Å². The summed E-state index contributed by atoms with van der Waals surface area (Å²) < 4.78 is 23.9. The minimum atomic E-state index is -3.07. The maximum Gasteiger partial charge on any atom is 0.324 e. The largest absolute Gasteiger partial charge is 0.324 e. The van der Waals surface area contributed by atoms with Crippen molar-refractivity contribution in [2.75, 3.05) is 13.3 Å². The lowest BCUT2D eigenvalue weighted by Gasteiger charge is -2.36. The summed E-state index contributed by atoms with van der Waals surface area (Å²) in [5.74, 6) is 0. The number of hydrogen-bond acceptors (Lipinski definition) is 6. The maximum absolute atomic E-state index is 11.9. The Morgan fingerprint density at radius 3 is 2.67 bits per heavy atom. The zero-order valence-electron chi connectivity index (χ0n) is 12.2. The van der Waals surface area contributed by atoms with Crippen LogP contribution >= 0.6 is 11.3 Å². The summed E-state index contributed by atoms with van der Waals surface area (Å²) in [4.78, 5) is 12.3. The lowest BCUT2D eigenvalue weighted by atomic mass is 9.93. The molecule has 0 saturated heterocycles. The van der Waals surface area contributed by atoms with Crippen molar-refractivity contribution in [3.63, 3.8) is 0 Å². The van der Waals surface area contributed by atoms with Crippen molar-refractivity contribution in [3.8, 4) is 0 Å². The van der Waals surface area contributed by atoms with E-state index in [1.54, 1.807) is 11.4 Å². The van der Waals surface area contributed by atoms with Gasteiger partial charge in [-0.25, -0.2) is 8.42 Å². The molecule has 1 aliphatic carbocycles. The number of thiophene rings is 1. The fraction of sp³-hybridized carbons (Fsp3) is 0.692. The van der Waals surface area contributed by atoms with Crippen LogP contribution < -0.4 is 0 Å². The molecule has 0 N–H and O–H groups in total. The van der Waals surface area contributed by atoms with Gasteiger partial charge in [-0.2, -0.15) is 0 Å². The molecule has 2 atom stereocenters. The van der Waals surface area contributed by atoms with Gasteiger partial charge in [-0.15, -0.1) is 0 Å². The van der Waals surface area contributed by atoms with Crippen molar-refractivity contribution in [1.29, 1.82) is 0 Å². The van der Waals surface area contributed by atoms with Gasteiger partial charge in [0.25, 0.3) is 0 Å². The lowest BCUT2D eigenvalue weighted by Crippen LogP contribution is -2.46. The van der Waals surface area contributed by atoms with Crippen molar-refractivity contribution >= 4 is 26.2 Å². The fourth-order valence-corrected chi connectivity index (χ4v) is 5.26. The molecule has 0 aromatic carbocycles. The van der Waals surface area contributed by atoms with Crippen LogP contribution in [0.1, 0.15) is 31.2 Å². The Kier molecular flexibility index (Phi) is 5.00. The van der Waals surface area contributed by atoms with E-state index >= 15 is 0 Å². The topological polar surface area (TPSA) is 80.5 Å². The van der Waals surface area contributed by atoms with E-state index in [9.17, 15) is 18.5 Å². The van der Waals surface area contributed by atoms with E-state index in [2.05, 4.69) is 0 Å². The van der Waals surface area contributed by atoms with Crippen LogP contribution in [0.3, 0.4) is 0 Å². The second kappa shape index (κ2) is 6.41. The Balaban J connectivity index is 2.10. The minimum absolute atomic E-state index is 0.00675. The fourth-order valence-electron chi connectivity index (χ4n) is 3.03. The van der Waals surface area contributed by atoms with E-state index in [-0.39, 0.29) is 16.3 Å². The predicted molar refractivity (Wildman–Crippen MR) is 83.3 cm³/mol. The zero-order chi connectivity index (χ0) is 15.6. The second-order valence-corrected chi connectivity index (χ2v) is 8.84. The predicted octanol–water partition coefficient (Wildman–Crippen LogP) is 2.44. The Morgan fingerprint density at radius 1 is 1.43 bits per heavy atom. The van der Waals surface area contributed by atoms with E-state index in [4.69, 9.17) is 0 Å². The Bertz CT molecular complexity index is 611. The highest BCUT2D eigenvalue weighted by atomic mass is 32.2. The number of nitrogens with zero attached hydrogens (tertiary/aromatic N) is 2. The number of rotatable bonds is 5. The van der Waals surface area contributed by atoms with Crippen molar-refractivity contribution in [2.24, 2.45) is 0 Å². The van der Waals surface area contributed by atoms with Gasteiger partial charge in [0.15, 0.2) is 9.84 Å². The molecular weight excluding hydrogens is 312 g/mol. The van der Waals surface area contributed by atoms with Gasteiger partial charge in [0.2, 0.25) is 0 Å². The molecule has 1 heterocycles. The number of sulfone groups is 1. The third-order valence-corrected chi connectivity index (χ3v) is 6.61. The van der Waals surface area contributed by atoms with Gasteiger partial charge < -0.3 is 0 Å². The molecule has 1 saturated carbocycles. The first kappa shape index (κ1) is 16.4. The Hall–Kier alpha value is -0.990. The monoisotopic (exact) mass is 332 g/mol. The molecule has 6 nitrogen and oxygen atoms in total. The Labute approximate surface area is 128 Å². The highest BCUT2D eigenvalue weighted by Gasteiger charge is 2.35. The van der Waals surface area contributed by atoms with Crippen molar-refractivity contribution < 1.29 is 13.3 Å². The molecule has 1 aliphatic rings. The third kappa shape index (κ3) is 4.02. The smallest absolute Gasteiger partial charge is 0.298 e. The summed E-state index contributed by atoms with van der Waals surface area (Å²) in [6.45, 7) is 0.543. The molecule has 2 rings (SSSR count). The van der Waals surface area contributed by atoms with Crippen LogP contribution in [0.25, 0.3) is 0 Å². The molecular formula is C13H20N2O4S2. The van der Waals surface area contributed by atoms with E-state index < -0.39 is 14.8 Å². The van der Waals surface area contributed by atoms with Gasteiger partial charge in [-0.05, 0) is 25.5 Å². The van der Waals surface area contributed by atoms with Crippen molar-refractivity contribution in [1.82, 2.24) is 4.90 Å². The van der Waals surface area contributed by atoms with Crippen LogP contribution in [0.5, 0.6) is 0 Å². The van der Waals surface area contributed by atoms with Gasteiger partial charge in [0.1, 0.15) is 0 Å². The number of nitro groups is 1. The average Bonchev–Trinajstić information content (AvgIpc) is 2.86. The van der Waals surface area contributed by atoms with Crippen LogP contribution in [0, 0.1) is 10.1 Å². The highest BCUT2D eigenvalue weighted by molar-refractivity contribution is 7.91. The molecule has 118 valence electrons. The molecule has 0 bridgehead atoms. The molecule has 0 amide bonds. The molecule has 0 radical (unpaired) electrons. The van der Waals surface area contributed by atoms with Gasteiger partial charge in [0.05, 0.1) is 10.2 Å². The molecule has 21 heavy (non-hydrogen) atoms. The van der Waals surface area contributed by atoms with Crippen LogP contribution in [-0.4, -0.2) is 42.8 Å². The number of hydrogen-bond donors (Lipinski definition) is 0. The first-order chi connectivity index (χ1) is 9.79. The molecule has 0 aliphatic heterocycles. The van der Waals surface area contributed by atoms with E-state index in [0.29, 0.717) is 13.0 Å². The molecule has 1 fully saturated rings. The average molecular weight is 332 g/mol. The lowest BCUT2D eigenvalue weighted by molar-refractivity contribution is -0.380. The second-order valence-electron chi connectivity index (χ2n) is 5.69. The maximum atomic E-state index is 11.9. The summed E-state index contributed by atoms with van der Waals surface area (Å²) in [7, 11) is -1.17.